The number of rotatable bonds is 4. The van der Waals surface area contributed by atoms with E-state index < -0.39 is 0 Å². The van der Waals surface area contributed by atoms with Crippen LogP contribution in [0, 0.1) is 5.92 Å². The molecule has 1 unspecified atom stereocenters. The number of nitrogens with zero attached hydrogens (tertiary/aromatic N) is 1. The van der Waals surface area contributed by atoms with Gasteiger partial charge in [0.25, 0.3) is 5.56 Å². The summed E-state index contributed by atoms with van der Waals surface area (Å²) in [4.78, 5) is 33.9. The SMILES string of the molecule is CC1CCc2c(sc3nc(CCC(=O)NC4CC4)[nH]c(=O)c23)C1. The van der Waals surface area contributed by atoms with Gasteiger partial charge >= 0.3 is 0 Å². The van der Waals surface area contributed by atoms with Crippen LogP contribution in [0.25, 0.3) is 10.2 Å². The molecule has 0 bridgehead atoms. The number of aromatic amines is 1. The molecule has 0 saturated heterocycles. The highest BCUT2D eigenvalue weighted by atomic mass is 32.1. The minimum absolute atomic E-state index is 0.0420. The second-order valence-corrected chi connectivity index (χ2v) is 7.97. The molecule has 2 heterocycles. The maximum atomic E-state index is 12.5. The second kappa shape index (κ2) is 5.74. The number of amides is 1. The summed E-state index contributed by atoms with van der Waals surface area (Å²) in [5.41, 5.74) is 1.16. The molecular formula is C17H21N3O2S. The van der Waals surface area contributed by atoms with Gasteiger partial charge in [0.15, 0.2) is 0 Å². The maximum Gasteiger partial charge on any atom is 0.259 e. The highest BCUT2D eigenvalue weighted by Crippen LogP contribution is 2.35. The number of carbonyl (C=O) groups is 1. The van der Waals surface area contributed by atoms with E-state index in [-0.39, 0.29) is 11.5 Å². The average molecular weight is 331 g/mol. The molecule has 6 heteroatoms. The largest absolute Gasteiger partial charge is 0.353 e. The molecule has 2 aliphatic rings. The number of carbonyl (C=O) groups excluding carboxylic acids is 1. The van der Waals surface area contributed by atoms with Crippen LogP contribution < -0.4 is 10.9 Å². The minimum atomic E-state index is -0.0420. The first-order valence-electron chi connectivity index (χ1n) is 8.43. The van der Waals surface area contributed by atoms with Crippen molar-refractivity contribution in [3.05, 3.63) is 26.6 Å². The van der Waals surface area contributed by atoms with Crippen molar-refractivity contribution in [2.24, 2.45) is 5.92 Å². The summed E-state index contributed by atoms with van der Waals surface area (Å²) in [5.74, 6) is 1.36. The molecule has 2 aromatic heterocycles. The molecule has 0 aromatic carbocycles. The summed E-state index contributed by atoms with van der Waals surface area (Å²) < 4.78 is 0. The number of hydrogen-bond donors (Lipinski definition) is 2. The van der Waals surface area contributed by atoms with E-state index in [9.17, 15) is 9.59 Å². The van der Waals surface area contributed by atoms with E-state index in [2.05, 4.69) is 22.2 Å². The van der Waals surface area contributed by atoms with E-state index >= 15 is 0 Å². The molecule has 4 rings (SSSR count). The summed E-state index contributed by atoms with van der Waals surface area (Å²) in [6, 6.07) is 0.378. The fourth-order valence-corrected chi connectivity index (χ4v) is 4.67. The van der Waals surface area contributed by atoms with Crippen molar-refractivity contribution < 1.29 is 4.79 Å². The molecule has 1 atom stereocenters. The zero-order chi connectivity index (χ0) is 16.0. The highest BCUT2D eigenvalue weighted by Gasteiger charge is 2.24. The second-order valence-electron chi connectivity index (χ2n) is 6.89. The topological polar surface area (TPSA) is 74.8 Å². The molecule has 2 N–H and O–H groups in total. The van der Waals surface area contributed by atoms with Crippen LogP contribution in [0.5, 0.6) is 0 Å². The fraction of sp³-hybridized carbons (Fsp3) is 0.588. The predicted octanol–water partition coefficient (Wildman–Crippen LogP) is 2.32. The summed E-state index contributed by atoms with van der Waals surface area (Å²) in [5, 5.41) is 3.75. The van der Waals surface area contributed by atoms with Crippen LogP contribution in [0.4, 0.5) is 0 Å². The molecule has 5 nitrogen and oxygen atoms in total. The first kappa shape index (κ1) is 14.9. The standard InChI is InChI=1S/C17H21N3O2S/c1-9-2-5-11-12(8-9)23-17-15(11)16(22)19-13(20-17)6-7-14(21)18-10-3-4-10/h9-10H,2-8H2,1H3,(H,18,21)(H,19,20,22). The van der Waals surface area contributed by atoms with Gasteiger partial charge in [-0.1, -0.05) is 6.92 Å². The Kier molecular flexibility index (Phi) is 3.71. The molecular weight excluding hydrogens is 310 g/mol. The van der Waals surface area contributed by atoms with Gasteiger partial charge in [-0.2, -0.15) is 0 Å². The number of H-pyrrole nitrogens is 1. The number of nitrogens with one attached hydrogen (secondary N) is 2. The van der Waals surface area contributed by atoms with Crippen LogP contribution in [0.15, 0.2) is 4.79 Å². The van der Waals surface area contributed by atoms with Crippen molar-refractivity contribution in [2.45, 2.75) is 57.9 Å². The Morgan fingerprint density at radius 3 is 3.00 bits per heavy atom. The smallest absolute Gasteiger partial charge is 0.259 e. The zero-order valence-electron chi connectivity index (χ0n) is 13.3. The lowest BCUT2D eigenvalue weighted by Gasteiger charge is -2.17. The summed E-state index contributed by atoms with van der Waals surface area (Å²) >= 11 is 1.66. The van der Waals surface area contributed by atoms with E-state index in [1.54, 1.807) is 11.3 Å². The molecule has 122 valence electrons. The Morgan fingerprint density at radius 2 is 2.22 bits per heavy atom. The molecule has 2 aliphatic carbocycles. The Labute approximate surface area is 138 Å². The molecule has 1 fully saturated rings. The van der Waals surface area contributed by atoms with Crippen LogP contribution in [-0.2, 0) is 24.1 Å². The van der Waals surface area contributed by atoms with Gasteiger partial charge in [0.1, 0.15) is 10.7 Å². The van der Waals surface area contributed by atoms with E-state index in [1.165, 1.54) is 10.4 Å². The number of aryl methyl sites for hydroxylation is 2. The van der Waals surface area contributed by atoms with Gasteiger partial charge in [-0.05, 0) is 43.6 Å². The van der Waals surface area contributed by atoms with E-state index in [0.717, 1.165) is 42.3 Å². The third-order valence-corrected chi connectivity index (χ3v) is 5.89. The van der Waals surface area contributed by atoms with Crippen LogP contribution in [-0.4, -0.2) is 21.9 Å². The van der Waals surface area contributed by atoms with Crippen molar-refractivity contribution in [1.29, 1.82) is 0 Å². The van der Waals surface area contributed by atoms with E-state index in [0.29, 0.717) is 30.6 Å². The molecule has 0 aliphatic heterocycles. The van der Waals surface area contributed by atoms with Gasteiger partial charge < -0.3 is 10.3 Å². The Hall–Kier alpha value is -1.69. The van der Waals surface area contributed by atoms with Crippen molar-refractivity contribution >= 4 is 27.5 Å². The number of fused-ring (bicyclic) bond motifs is 3. The third kappa shape index (κ3) is 3.04. The lowest BCUT2D eigenvalue weighted by atomic mass is 9.89. The first-order chi connectivity index (χ1) is 11.1. The Morgan fingerprint density at radius 1 is 1.39 bits per heavy atom. The van der Waals surface area contributed by atoms with Crippen molar-refractivity contribution in [3.63, 3.8) is 0 Å². The van der Waals surface area contributed by atoms with Crippen molar-refractivity contribution in [2.75, 3.05) is 0 Å². The lowest BCUT2D eigenvalue weighted by molar-refractivity contribution is -0.121. The number of aromatic nitrogens is 2. The van der Waals surface area contributed by atoms with Crippen LogP contribution >= 0.6 is 11.3 Å². The molecule has 1 saturated carbocycles. The van der Waals surface area contributed by atoms with Crippen molar-refractivity contribution in [3.8, 4) is 0 Å². The minimum Gasteiger partial charge on any atom is -0.353 e. The summed E-state index contributed by atoms with van der Waals surface area (Å²) in [6.45, 7) is 2.26. The van der Waals surface area contributed by atoms with Crippen LogP contribution in [0.1, 0.15) is 48.9 Å². The Bertz CT molecular complexity index is 819. The normalized spacial score (nSPS) is 20.5. The van der Waals surface area contributed by atoms with Gasteiger partial charge in [0, 0.05) is 23.8 Å². The zero-order valence-corrected chi connectivity index (χ0v) is 14.1. The Balaban J connectivity index is 1.57. The van der Waals surface area contributed by atoms with Gasteiger partial charge in [-0.15, -0.1) is 11.3 Å². The highest BCUT2D eigenvalue weighted by molar-refractivity contribution is 7.18. The molecule has 0 radical (unpaired) electrons. The number of hydrogen-bond acceptors (Lipinski definition) is 4. The lowest BCUT2D eigenvalue weighted by Crippen LogP contribution is -2.26. The maximum absolute atomic E-state index is 12.5. The monoisotopic (exact) mass is 331 g/mol. The molecule has 1 amide bonds. The number of thiophene rings is 1. The average Bonchev–Trinajstić information content (AvgIpc) is 3.23. The van der Waals surface area contributed by atoms with Crippen LogP contribution in [0.3, 0.4) is 0 Å². The van der Waals surface area contributed by atoms with Gasteiger partial charge in [-0.25, -0.2) is 4.98 Å². The van der Waals surface area contributed by atoms with Gasteiger partial charge in [0.2, 0.25) is 5.91 Å². The first-order valence-corrected chi connectivity index (χ1v) is 9.24. The predicted molar refractivity (Wildman–Crippen MR) is 90.9 cm³/mol. The summed E-state index contributed by atoms with van der Waals surface area (Å²) in [6.07, 6.45) is 6.22. The molecule has 0 spiro atoms. The van der Waals surface area contributed by atoms with Gasteiger partial charge in [-0.3, -0.25) is 9.59 Å². The van der Waals surface area contributed by atoms with Gasteiger partial charge in [0.05, 0.1) is 5.39 Å². The quantitative estimate of drug-likeness (QED) is 0.903. The summed E-state index contributed by atoms with van der Waals surface area (Å²) in [7, 11) is 0. The third-order valence-electron chi connectivity index (χ3n) is 4.75. The fourth-order valence-electron chi connectivity index (χ4n) is 3.27. The van der Waals surface area contributed by atoms with Crippen LogP contribution in [0.2, 0.25) is 0 Å². The van der Waals surface area contributed by atoms with E-state index in [1.807, 2.05) is 0 Å². The van der Waals surface area contributed by atoms with Crippen molar-refractivity contribution in [1.82, 2.24) is 15.3 Å². The molecule has 2 aromatic rings. The van der Waals surface area contributed by atoms with E-state index in [4.69, 9.17) is 0 Å². The molecule has 23 heavy (non-hydrogen) atoms.